The average Bonchev–Trinajstić information content (AvgIpc) is 2.62. The summed E-state index contributed by atoms with van der Waals surface area (Å²) in [4.78, 5) is 11.9. The number of carbonyl (C=O) groups excluding carboxylic acids is 1. The Morgan fingerprint density at radius 1 is 1.00 bits per heavy atom. The fraction of sp³-hybridized carbons (Fsp3) is 0.158. The van der Waals surface area contributed by atoms with Crippen LogP contribution in [0.5, 0.6) is 5.75 Å². The maximum atomic E-state index is 11.9. The molecule has 23 heavy (non-hydrogen) atoms. The molecule has 3 aromatic rings. The first-order valence-corrected chi connectivity index (χ1v) is 7.95. The molecule has 0 spiro atoms. The average molecular weight is 304 g/mol. The first-order valence-electron chi connectivity index (χ1n) is 7.95. The van der Waals surface area contributed by atoms with Crippen LogP contribution in [-0.2, 0) is 4.79 Å². The maximum absolute atomic E-state index is 11.9. The van der Waals surface area contributed by atoms with Crippen LogP contribution in [0.2, 0.25) is 0 Å². The van der Waals surface area contributed by atoms with Crippen LogP contribution in [0, 0.1) is 0 Å². The molecule has 4 rings (SSSR count). The van der Waals surface area contributed by atoms with Gasteiger partial charge in [-0.05, 0) is 35.9 Å². The third kappa shape index (κ3) is 2.50. The molecule has 0 bridgehead atoms. The molecule has 3 nitrogen and oxygen atoms in total. The molecule has 0 amide bonds. The van der Waals surface area contributed by atoms with Crippen molar-refractivity contribution < 1.29 is 13.9 Å². The highest BCUT2D eigenvalue weighted by Crippen LogP contribution is 2.37. The van der Waals surface area contributed by atoms with Crippen LogP contribution in [0.3, 0.4) is 0 Å². The predicted molar refractivity (Wildman–Crippen MR) is 93.4 cm³/mol. The van der Waals surface area contributed by atoms with Crippen LogP contribution < -0.4 is 9.13 Å². The maximum Gasteiger partial charge on any atom is 0.802 e. The Morgan fingerprint density at radius 2 is 1.74 bits per heavy atom. The summed E-state index contributed by atoms with van der Waals surface area (Å²) in [6.07, 6.45) is 1.89. The van der Waals surface area contributed by atoms with Crippen LogP contribution in [0.4, 0.5) is 0 Å². The Kier molecular flexibility index (Phi) is 4.15. The monoisotopic (exact) mass is 304 g/mol. The zero-order valence-electron chi connectivity index (χ0n) is 13.6. The summed E-state index contributed by atoms with van der Waals surface area (Å²) in [7, 11) is -0.588. The van der Waals surface area contributed by atoms with E-state index in [1.54, 1.807) is 6.92 Å². The standard InChI is InChI=1S/C17H13BNO2.C2H6/c1-12(20)18-19-11-5-4-8-15(19)17-14-7-3-2-6-13(14)9-10-16(17)21-18;1-2/h2-11H,1H3;1-2H3/q+1;. The van der Waals surface area contributed by atoms with Crippen LogP contribution >= 0.6 is 0 Å². The van der Waals surface area contributed by atoms with Crippen molar-refractivity contribution in [1.82, 2.24) is 0 Å². The number of nitrogens with zero attached hydrogens (tertiary/aromatic N) is 1. The fourth-order valence-electron chi connectivity index (χ4n) is 2.94. The lowest BCUT2D eigenvalue weighted by molar-refractivity contribution is -0.535. The van der Waals surface area contributed by atoms with E-state index in [-0.39, 0.29) is 5.68 Å². The second-order valence-electron chi connectivity index (χ2n) is 5.23. The number of benzene rings is 2. The van der Waals surface area contributed by atoms with Gasteiger partial charge in [-0.3, -0.25) is 4.79 Å². The van der Waals surface area contributed by atoms with Crippen molar-refractivity contribution in [3.05, 3.63) is 60.8 Å². The zero-order valence-corrected chi connectivity index (χ0v) is 13.6. The molecular formula is C19H19BNO2+. The Balaban J connectivity index is 0.000000753. The van der Waals surface area contributed by atoms with Gasteiger partial charge in [0.25, 0.3) is 0 Å². The number of aromatic nitrogens is 1. The van der Waals surface area contributed by atoms with Gasteiger partial charge in [-0.15, -0.1) is 0 Å². The van der Waals surface area contributed by atoms with Gasteiger partial charge in [0.05, 0.1) is 5.56 Å². The van der Waals surface area contributed by atoms with Crippen molar-refractivity contribution in [3.8, 4) is 17.0 Å². The summed E-state index contributed by atoms with van der Waals surface area (Å²) in [5.41, 5.74) is 2.05. The first-order chi connectivity index (χ1) is 11.3. The molecule has 4 heteroatoms. The summed E-state index contributed by atoms with van der Waals surface area (Å²) in [6.45, 7) is 5.56. The van der Waals surface area contributed by atoms with E-state index < -0.39 is 7.05 Å². The molecular weight excluding hydrogens is 285 g/mol. The van der Waals surface area contributed by atoms with Crippen molar-refractivity contribution in [3.63, 3.8) is 0 Å². The predicted octanol–water partition coefficient (Wildman–Crippen LogP) is 3.68. The van der Waals surface area contributed by atoms with Crippen molar-refractivity contribution in [2.45, 2.75) is 20.8 Å². The van der Waals surface area contributed by atoms with Crippen LogP contribution in [0.25, 0.3) is 22.0 Å². The quantitative estimate of drug-likeness (QED) is 0.642. The molecule has 114 valence electrons. The van der Waals surface area contributed by atoms with Gasteiger partial charge in [-0.1, -0.05) is 44.2 Å². The fourth-order valence-corrected chi connectivity index (χ4v) is 2.94. The molecule has 0 unspecified atom stereocenters. The molecule has 0 saturated carbocycles. The first kappa shape index (κ1) is 15.3. The van der Waals surface area contributed by atoms with Crippen molar-refractivity contribution in [2.24, 2.45) is 0 Å². The smallest absolute Gasteiger partial charge is 0.494 e. The molecule has 1 aliphatic heterocycles. The number of rotatable bonds is 1. The molecule has 0 atom stereocenters. The van der Waals surface area contributed by atoms with Crippen molar-refractivity contribution in [2.75, 3.05) is 0 Å². The van der Waals surface area contributed by atoms with Crippen LogP contribution in [-0.4, -0.2) is 12.7 Å². The molecule has 2 aromatic carbocycles. The lowest BCUT2D eigenvalue weighted by Gasteiger charge is -2.20. The van der Waals surface area contributed by atoms with E-state index in [0.29, 0.717) is 0 Å². The number of pyridine rings is 1. The molecule has 0 saturated heterocycles. The number of fused-ring (bicyclic) bond motifs is 5. The van der Waals surface area contributed by atoms with Gasteiger partial charge in [0, 0.05) is 6.07 Å². The van der Waals surface area contributed by atoms with Gasteiger partial charge in [-0.25, -0.2) is 4.48 Å². The van der Waals surface area contributed by atoms with Gasteiger partial charge in [0.1, 0.15) is 11.9 Å². The molecule has 1 aromatic heterocycles. The molecule has 1 aliphatic rings. The zero-order chi connectivity index (χ0) is 16.4. The summed E-state index contributed by atoms with van der Waals surface area (Å²) in [5.74, 6) is 0.764. The van der Waals surface area contributed by atoms with Crippen LogP contribution in [0.15, 0.2) is 60.8 Å². The van der Waals surface area contributed by atoms with E-state index in [2.05, 4.69) is 12.1 Å². The van der Waals surface area contributed by atoms with E-state index in [9.17, 15) is 4.79 Å². The van der Waals surface area contributed by atoms with Crippen molar-refractivity contribution in [1.29, 1.82) is 0 Å². The van der Waals surface area contributed by atoms with Gasteiger partial charge >= 0.3 is 7.05 Å². The van der Waals surface area contributed by atoms with Crippen LogP contribution in [0.1, 0.15) is 20.8 Å². The largest absolute Gasteiger partial charge is 0.802 e. The Morgan fingerprint density at radius 3 is 2.52 bits per heavy atom. The highest BCUT2D eigenvalue weighted by Gasteiger charge is 2.47. The SMILES string of the molecule is CC.CC(=O)B1Oc2ccc3ccccc3c2-c2cccc[n+]21. The van der Waals surface area contributed by atoms with E-state index in [0.717, 1.165) is 27.8 Å². The minimum absolute atomic E-state index is 0.00809. The summed E-state index contributed by atoms with van der Waals surface area (Å²) >= 11 is 0. The summed E-state index contributed by atoms with van der Waals surface area (Å²) in [6, 6.07) is 18.1. The van der Waals surface area contributed by atoms with Gasteiger partial charge < -0.3 is 4.65 Å². The van der Waals surface area contributed by atoms with Crippen molar-refractivity contribution >= 4 is 23.5 Å². The van der Waals surface area contributed by atoms with Gasteiger partial charge in [0.15, 0.2) is 5.69 Å². The lowest BCUT2D eigenvalue weighted by atomic mass is 9.74. The molecule has 2 heterocycles. The van der Waals surface area contributed by atoms with Gasteiger partial charge in [0.2, 0.25) is 5.68 Å². The Hall–Kier alpha value is -2.62. The Labute approximate surface area is 136 Å². The minimum atomic E-state index is -0.588. The van der Waals surface area contributed by atoms with Gasteiger partial charge in [-0.2, -0.15) is 0 Å². The molecule has 0 N–H and O–H groups in total. The Bertz CT molecular complexity index is 876. The van der Waals surface area contributed by atoms with E-state index in [1.807, 2.05) is 67.0 Å². The number of hydrogen-bond acceptors (Lipinski definition) is 2. The van der Waals surface area contributed by atoms with E-state index >= 15 is 0 Å². The normalized spacial score (nSPS) is 11.7. The topological polar surface area (TPSA) is 30.2 Å². The molecule has 0 fully saturated rings. The number of carbonyl (C=O) groups is 1. The minimum Gasteiger partial charge on any atom is -0.494 e. The summed E-state index contributed by atoms with van der Waals surface area (Å²) in [5, 5.41) is 2.30. The molecule has 0 radical (unpaired) electrons. The highest BCUT2D eigenvalue weighted by molar-refractivity contribution is 6.79. The summed E-state index contributed by atoms with van der Waals surface area (Å²) < 4.78 is 7.84. The third-order valence-electron chi connectivity index (χ3n) is 3.88. The van der Waals surface area contributed by atoms with E-state index in [1.165, 1.54) is 0 Å². The lowest BCUT2D eigenvalue weighted by Crippen LogP contribution is -2.62. The second-order valence-corrected chi connectivity index (χ2v) is 5.23. The number of hydrogen-bond donors (Lipinski definition) is 0. The van der Waals surface area contributed by atoms with E-state index in [4.69, 9.17) is 4.65 Å². The highest BCUT2D eigenvalue weighted by atomic mass is 16.5. The molecule has 0 aliphatic carbocycles. The second kappa shape index (κ2) is 6.25. The third-order valence-corrected chi connectivity index (χ3v) is 3.88.